The van der Waals surface area contributed by atoms with Gasteiger partial charge in [-0.15, -0.1) is 0 Å². The van der Waals surface area contributed by atoms with Crippen molar-refractivity contribution >= 4 is 23.2 Å². The third-order valence-electron chi connectivity index (χ3n) is 4.95. The Bertz CT molecular complexity index is 997. The van der Waals surface area contributed by atoms with Crippen LogP contribution in [0.5, 0.6) is 0 Å². The van der Waals surface area contributed by atoms with Gasteiger partial charge >= 0.3 is 6.09 Å². The van der Waals surface area contributed by atoms with E-state index in [-0.39, 0.29) is 30.8 Å². The summed E-state index contributed by atoms with van der Waals surface area (Å²) in [6.45, 7) is 3.68. The number of nitrogens with zero attached hydrogens (tertiary/aromatic N) is 4. The Balaban J connectivity index is 1.41. The average Bonchev–Trinajstić information content (AvgIpc) is 3.40. The number of hydrogen-bond donors (Lipinski definition) is 4. The minimum Gasteiger partial charge on any atom is -0.446 e. The summed E-state index contributed by atoms with van der Waals surface area (Å²) < 4.78 is 7.16. The first kappa shape index (κ1) is 19.2. The van der Waals surface area contributed by atoms with Gasteiger partial charge in [0.1, 0.15) is 11.6 Å². The van der Waals surface area contributed by atoms with Crippen molar-refractivity contribution in [2.45, 2.75) is 57.8 Å². The molecule has 0 aromatic carbocycles. The second-order valence-electron chi connectivity index (χ2n) is 7.57. The van der Waals surface area contributed by atoms with Crippen LogP contribution in [0.4, 0.5) is 16.4 Å². The highest BCUT2D eigenvalue weighted by Crippen LogP contribution is 2.36. The average molecular weight is 399 g/mol. The maximum atomic E-state index is 11.8. The van der Waals surface area contributed by atoms with Gasteiger partial charge in [0.25, 0.3) is 0 Å². The van der Waals surface area contributed by atoms with Crippen LogP contribution in [0.15, 0.2) is 24.5 Å². The van der Waals surface area contributed by atoms with E-state index < -0.39 is 0 Å². The lowest BCUT2D eigenvalue weighted by Gasteiger charge is -2.14. The van der Waals surface area contributed by atoms with Gasteiger partial charge < -0.3 is 20.5 Å². The summed E-state index contributed by atoms with van der Waals surface area (Å²) in [5.74, 6) is 1.51. The number of aliphatic hydroxyl groups is 1. The molecule has 1 aliphatic carbocycles. The molecule has 154 valence electrons. The Morgan fingerprint density at radius 2 is 2.28 bits per heavy atom. The van der Waals surface area contributed by atoms with E-state index in [0.717, 1.165) is 30.5 Å². The molecule has 3 aromatic rings. The van der Waals surface area contributed by atoms with Gasteiger partial charge in [0.2, 0.25) is 0 Å². The Hall–Kier alpha value is -3.14. The molecule has 1 amide bonds. The molecule has 29 heavy (non-hydrogen) atoms. The number of anilines is 2. The minimum atomic E-state index is -0.361. The van der Waals surface area contributed by atoms with Crippen molar-refractivity contribution in [3.8, 4) is 0 Å². The van der Waals surface area contributed by atoms with Gasteiger partial charge in [-0.05, 0) is 39.2 Å². The van der Waals surface area contributed by atoms with Crippen LogP contribution in [0, 0.1) is 0 Å². The molecule has 0 radical (unpaired) electrons. The number of H-pyrrole nitrogens is 1. The van der Waals surface area contributed by atoms with Crippen LogP contribution in [0.25, 0.3) is 5.52 Å². The molecule has 1 fully saturated rings. The number of hydrogen-bond acceptors (Lipinski definition) is 7. The molecule has 3 heterocycles. The number of ether oxygens (including phenoxy) is 1. The zero-order valence-electron chi connectivity index (χ0n) is 16.4. The SMILES string of the molecule is CC(C)NC(=O)O[C@@H]1CC[C@H](c2cc(Nc3nccn4nc(CO)cc34)n[nH]2)C1. The molecule has 1 saturated carbocycles. The van der Waals surface area contributed by atoms with Gasteiger partial charge in [-0.2, -0.15) is 10.2 Å². The number of alkyl carbamates (subject to hydrolysis) is 1. The molecule has 10 heteroatoms. The summed E-state index contributed by atoms with van der Waals surface area (Å²) in [7, 11) is 0. The van der Waals surface area contributed by atoms with E-state index in [1.165, 1.54) is 0 Å². The predicted octanol–water partition coefficient (Wildman–Crippen LogP) is 2.46. The minimum absolute atomic E-state index is 0.0586. The maximum Gasteiger partial charge on any atom is 0.407 e. The molecule has 0 spiro atoms. The first-order valence-corrected chi connectivity index (χ1v) is 9.75. The smallest absolute Gasteiger partial charge is 0.407 e. The fourth-order valence-electron chi connectivity index (χ4n) is 3.63. The van der Waals surface area contributed by atoms with Crippen molar-refractivity contribution in [1.29, 1.82) is 0 Å². The molecule has 10 nitrogen and oxygen atoms in total. The summed E-state index contributed by atoms with van der Waals surface area (Å²) in [5, 5.41) is 26.9. The number of aliphatic hydroxyl groups excluding tert-OH is 1. The third-order valence-corrected chi connectivity index (χ3v) is 4.95. The van der Waals surface area contributed by atoms with Crippen molar-refractivity contribution in [2.24, 2.45) is 0 Å². The van der Waals surface area contributed by atoms with Crippen LogP contribution in [-0.2, 0) is 11.3 Å². The first-order valence-electron chi connectivity index (χ1n) is 9.75. The van der Waals surface area contributed by atoms with Gasteiger partial charge in [0.05, 0.1) is 12.3 Å². The van der Waals surface area contributed by atoms with Crippen molar-refractivity contribution in [3.63, 3.8) is 0 Å². The van der Waals surface area contributed by atoms with Crippen LogP contribution in [0.2, 0.25) is 0 Å². The molecule has 4 rings (SSSR count). The topological polar surface area (TPSA) is 129 Å². The highest BCUT2D eigenvalue weighted by atomic mass is 16.6. The Kier molecular flexibility index (Phi) is 5.34. The molecule has 0 bridgehead atoms. The lowest BCUT2D eigenvalue weighted by Crippen LogP contribution is -2.33. The second kappa shape index (κ2) is 8.08. The van der Waals surface area contributed by atoms with Gasteiger partial charge in [0.15, 0.2) is 11.6 Å². The zero-order chi connectivity index (χ0) is 20.4. The second-order valence-corrected chi connectivity index (χ2v) is 7.57. The van der Waals surface area contributed by atoms with Gasteiger partial charge in [-0.25, -0.2) is 14.3 Å². The van der Waals surface area contributed by atoms with Crippen LogP contribution in [-0.4, -0.2) is 48.1 Å². The number of fused-ring (bicyclic) bond motifs is 1. The molecule has 1 aliphatic rings. The monoisotopic (exact) mass is 399 g/mol. The molecule has 3 aromatic heterocycles. The summed E-state index contributed by atoms with van der Waals surface area (Å²) in [6, 6.07) is 3.79. The van der Waals surface area contributed by atoms with Gasteiger partial charge in [-0.3, -0.25) is 5.10 Å². The molecule has 0 unspecified atom stereocenters. The number of amides is 1. The summed E-state index contributed by atoms with van der Waals surface area (Å²) in [6.07, 6.45) is 5.44. The van der Waals surface area contributed by atoms with Gasteiger partial charge in [0, 0.05) is 36.1 Å². The first-order chi connectivity index (χ1) is 14.0. The number of rotatable bonds is 6. The molecule has 0 aliphatic heterocycles. The van der Waals surface area contributed by atoms with E-state index in [2.05, 4.69) is 30.9 Å². The van der Waals surface area contributed by atoms with Crippen LogP contribution < -0.4 is 10.6 Å². The largest absolute Gasteiger partial charge is 0.446 e. The third kappa shape index (κ3) is 4.32. The van der Waals surface area contributed by atoms with Gasteiger partial charge in [-0.1, -0.05) is 0 Å². The van der Waals surface area contributed by atoms with Crippen molar-refractivity contribution in [3.05, 3.63) is 35.9 Å². The normalized spacial score (nSPS) is 19.0. The van der Waals surface area contributed by atoms with E-state index in [1.807, 2.05) is 19.9 Å². The Labute approximate surface area is 167 Å². The van der Waals surface area contributed by atoms with E-state index in [1.54, 1.807) is 23.0 Å². The highest BCUT2D eigenvalue weighted by molar-refractivity contribution is 5.72. The standard InChI is InChI=1S/C19H25N7O3/c1-11(2)21-19(28)29-14-4-3-12(7-14)15-9-17(24-23-15)22-18-16-8-13(10-27)25-26(16)6-5-20-18/h5-6,8-9,11-12,14,27H,3-4,7,10H2,1-2H3,(H,21,28)(H2,20,22,23,24)/t12-,14+/m0/s1. The van der Waals surface area contributed by atoms with E-state index >= 15 is 0 Å². The van der Waals surface area contributed by atoms with Crippen LogP contribution in [0.1, 0.15) is 50.4 Å². The lowest BCUT2D eigenvalue weighted by molar-refractivity contribution is 0.0981. The fourth-order valence-corrected chi connectivity index (χ4v) is 3.63. The fraction of sp³-hybridized carbons (Fsp3) is 0.474. The Morgan fingerprint density at radius 3 is 3.07 bits per heavy atom. The number of nitrogens with one attached hydrogen (secondary N) is 3. The van der Waals surface area contributed by atoms with Crippen LogP contribution >= 0.6 is 0 Å². The molecule has 4 N–H and O–H groups in total. The molecular formula is C19H25N7O3. The quantitative estimate of drug-likeness (QED) is 0.501. The summed E-state index contributed by atoms with van der Waals surface area (Å²) in [4.78, 5) is 16.2. The summed E-state index contributed by atoms with van der Waals surface area (Å²) >= 11 is 0. The number of aromatic amines is 1. The highest BCUT2D eigenvalue weighted by Gasteiger charge is 2.30. The van der Waals surface area contributed by atoms with Crippen LogP contribution in [0.3, 0.4) is 0 Å². The number of carbonyl (C=O) groups excluding carboxylic acids is 1. The predicted molar refractivity (Wildman–Crippen MR) is 106 cm³/mol. The van der Waals surface area contributed by atoms with Crippen molar-refractivity contribution in [2.75, 3.05) is 5.32 Å². The number of aromatic nitrogens is 5. The van der Waals surface area contributed by atoms with E-state index in [9.17, 15) is 9.90 Å². The summed E-state index contributed by atoms with van der Waals surface area (Å²) in [5.41, 5.74) is 2.33. The molecular weight excluding hydrogens is 374 g/mol. The molecule has 2 atom stereocenters. The maximum absolute atomic E-state index is 11.8. The van der Waals surface area contributed by atoms with Crippen molar-refractivity contribution < 1.29 is 14.6 Å². The van der Waals surface area contributed by atoms with E-state index in [4.69, 9.17) is 4.74 Å². The zero-order valence-corrected chi connectivity index (χ0v) is 16.4. The lowest BCUT2D eigenvalue weighted by atomic mass is 10.0. The van der Waals surface area contributed by atoms with E-state index in [0.29, 0.717) is 17.3 Å². The van der Waals surface area contributed by atoms with Crippen molar-refractivity contribution in [1.82, 2.24) is 30.1 Å². The molecule has 0 saturated heterocycles. The Morgan fingerprint density at radius 1 is 1.41 bits per heavy atom. The number of carbonyl (C=O) groups is 1.